The zero-order valence-corrected chi connectivity index (χ0v) is 15.2. The molecule has 6 heteroatoms. The van der Waals surface area contributed by atoms with Crippen LogP contribution in [0.25, 0.3) is 11.1 Å². The third-order valence-corrected chi connectivity index (χ3v) is 5.69. The van der Waals surface area contributed by atoms with E-state index in [9.17, 15) is 13.2 Å². The molecule has 3 aromatic carbocycles. The summed E-state index contributed by atoms with van der Waals surface area (Å²) >= 11 is 0. The van der Waals surface area contributed by atoms with Crippen molar-refractivity contribution >= 4 is 21.7 Å². The molecule has 5 nitrogen and oxygen atoms in total. The molecule has 0 saturated carbocycles. The zero-order chi connectivity index (χ0) is 18.9. The Bertz CT molecular complexity index is 1090. The molecule has 0 aromatic heterocycles. The molecule has 0 unspecified atom stereocenters. The lowest BCUT2D eigenvalue weighted by Crippen LogP contribution is -2.19. The number of nitrogens with one attached hydrogen (secondary N) is 1. The lowest BCUT2D eigenvalue weighted by Gasteiger charge is -2.17. The van der Waals surface area contributed by atoms with Gasteiger partial charge in [0.15, 0.2) is 0 Å². The fourth-order valence-electron chi connectivity index (χ4n) is 3.03. The highest BCUT2D eigenvalue weighted by Gasteiger charge is 2.19. The van der Waals surface area contributed by atoms with Gasteiger partial charge in [0, 0.05) is 12.1 Å². The summed E-state index contributed by atoms with van der Waals surface area (Å²) in [5.74, 6) is 0.194. The summed E-state index contributed by atoms with van der Waals surface area (Å²) in [7, 11) is -3.94. The number of hydrogen-bond acceptors (Lipinski definition) is 4. The van der Waals surface area contributed by atoms with Crippen molar-refractivity contribution in [2.24, 2.45) is 0 Å². The van der Waals surface area contributed by atoms with Gasteiger partial charge in [0.25, 0.3) is 0 Å². The minimum Gasteiger partial charge on any atom is -0.379 e. The summed E-state index contributed by atoms with van der Waals surface area (Å²) in [6.07, 6.45) is 0.939. The molecule has 27 heavy (non-hydrogen) atoms. The number of rotatable bonds is 4. The highest BCUT2D eigenvalue weighted by atomic mass is 32.2. The second-order valence-corrected chi connectivity index (χ2v) is 7.84. The van der Waals surface area contributed by atoms with E-state index in [4.69, 9.17) is 4.18 Å². The van der Waals surface area contributed by atoms with Gasteiger partial charge in [-0.25, -0.2) is 0 Å². The van der Waals surface area contributed by atoms with Crippen molar-refractivity contribution in [2.45, 2.75) is 17.7 Å². The normalized spacial score (nSPS) is 13.6. The Morgan fingerprint density at radius 1 is 0.815 bits per heavy atom. The lowest BCUT2D eigenvalue weighted by molar-refractivity contribution is -0.116. The lowest BCUT2D eigenvalue weighted by atomic mass is 10.0. The molecule has 0 spiro atoms. The van der Waals surface area contributed by atoms with Crippen molar-refractivity contribution in [3.63, 3.8) is 0 Å². The first-order chi connectivity index (χ1) is 13.0. The molecular weight excluding hydrogens is 362 g/mol. The van der Waals surface area contributed by atoms with E-state index in [0.29, 0.717) is 18.5 Å². The van der Waals surface area contributed by atoms with Gasteiger partial charge in [-0.05, 0) is 53.4 Å². The second-order valence-electron chi connectivity index (χ2n) is 6.29. The van der Waals surface area contributed by atoms with Crippen LogP contribution >= 0.6 is 0 Å². The van der Waals surface area contributed by atoms with Crippen LogP contribution in [-0.2, 0) is 21.3 Å². The molecule has 136 valence electrons. The summed E-state index contributed by atoms with van der Waals surface area (Å²) in [6.45, 7) is 0. The van der Waals surface area contributed by atoms with Crippen LogP contribution in [-0.4, -0.2) is 14.3 Å². The molecule has 1 aliphatic rings. The number of carbonyl (C=O) groups is 1. The topological polar surface area (TPSA) is 72.5 Å². The Hall–Kier alpha value is -3.12. The number of fused-ring (bicyclic) bond motifs is 1. The first-order valence-electron chi connectivity index (χ1n) is 8.54. The standard InChI is InChI=1S/C21H17NO4S/c23-21-13-8-17-14-18(9-12-20(17)22-21)26-27(24,25)19-10-6-16(7-11-19)15-4-2-1-3-5-15/h1-7,9-12,14H,8,13H2,(H,22,23). The Labute approximate surface area is 157 Å². The molecule has 0 radical (unpaired) electrons. The summed E-state index contributed by atoms with van der Waals surface area (Å²) in [5, 5.41) is 2.76. The van der Waals surface area contributed by atoms with E-state index < -0.39 is 10.1 Å². The van der Waals surface area contributed by atoms with E-state index in [1.807, 2.05) is 30.3 Å². The van der Waals surface area contributed by atoms with Crippen LogP contribution in [0.15, 0.2) is 77.7 Å². The number of amides is 1. The SMILES string of the molecule is O=C1CCc2cc(OS(=O)(=O)c3ccc(-c4ccccc4)cc3)ccc2N1. The summed E-state index contributed by atoms with van der Waals surface area (Å²) in [5.41, 5.74) is 3.50. The smallest absolute Gasteiger partial charge is 0.339 e. The molecule has 1 aliphatic heterocycles. The Morgan fingerprint density at radius 2 is 1.52 bits per heavy atom. The summed E-state index contributed by atoms with van der Waals surface area (Å²) in [4.78, 5) is 11.5. The highest BCUT2D eigenvalue weighted by Crippen LogP contribution is 2.29. The molecule has 3 aromatic rings. The van der Waals surface area contributed by atoms with E-state index in [0.717, 1.165) is 16.7 Å². The molecule has 0 fully saturated rings. The Morgan fingerprint density at radius 3 is 2.26 bits per heavy atom. The second kappa shape index (κ2) is 6.89. The van der Waals surface area contributed by atoms with E-state index >= 15 is 0 Å². The first-order valence-corrected chi connectivity index (χ1v) is 9.95. The van der Waals surface area contributed by atoms with Crippen LogP contribution in [0, 0.1) is 0 Å². The van der Waals surface area contributed by atoms with Gasteiger partial charge in [-0.15, -0.1) is 0 Å². The van der Waals surface area contributed by atoms with Crippen molar-refractivity contribution in [1.29, 1.82) is 0 Å². The summed E-state index contributed by atoms with van der Waals surface area (Å²) in [6, 6.07) is 21.2. The maximum Gasteiger partial charge on any atom is 0.339 e. The van der Waals surface area contributed by atoms with Crippen molar-refractivity contribution in [3.05, 3.63) is 78.4 Å². The Kier molecular flexibility index (Phi) is 4.41. The third kappa shape index (κ3) is 3.71. The van der Waals surface area contributed by atoms with Gasteiger partial charge in [-0.2, -0.15) is 8.42 Å². The van der Waals surface area contributed by atoms with Crippen LogP contribution in [0.5, 0.6) is 5.75 Å². The fraction of sp³-hybridized carbons (Fsp3) is 0.0952. The molecule has 0 saturated heterocycles. The predicted molar refractivity (Wildman–Crippen MR) is 103 cm³/mol. The van der Waals surface area contributed by atoms with Crippen molar-refractivity contribution < 1.29 is 17.4 Å². The van der Waals surface area contributed by atoms with Crippen molar-refractivity contribution in [3.8, 4) is 16.9 Å². The maximum atomic E-state index is 12.6. The number of benzene rings is 3. The van der Waals surface area contributed by atoms with Gasteiger partial charge in [0.2, 0.25) is 5.91 Å². The molecule has 0 bridgehead atoms. The van der Waals surface area contributed by atoms with Gasteiger partial charge in [-0.1, -0.05) is 42.5 Å². The van der Waals surface area contributed by atoms with Gasteiger partial charge in [0.1, 0.15) is 10.6 Å². The summed E-state index contributed by atoms with van der Waals surface area (Å²) < 4.78 is 30.4. The van der Waals surface area contributed by atoms with Crippen molar-refractivity contribution in [2.75, 3.05) is 5.32 Å². The molecule has 1 N–H and O–H groups in total. The fourth-order valence-corrected chi connectivity index (χ4v) is 3.95. The van der Waals surface area contributed by atoms with E-state index in [-0.39, 0.29) is 16.6 Å². The van der Waals surface area contributed by atoms with Gasteiger partial charge >= 0.3 is 10.1 Å². The average Bonchev–Trinajstić information content (AvgIpc) is 2.69. The molecule has 1 amide bonds. The van der Waals surface area contributed by atoms with Gasteiger partial charge in [-0.3, -0.25) is 4.79 Å². The van der Waals surface area contributed by atoms with E-state index in [1.165, 1.54) is 12.1 Å². The van der Waals surface area contributed by atoms with E-state index in [2.05, 4.69) is 5.32 Å². The van der Waals surface area contributed by atoms with Crippen LogP contribution in [0.1, 0.15) is 12.0 Å². The minimum absolute atomic E-state index is 0.0395. The van der Waals surface area contributed by atoms with Crippen LogP contribution < -0.4 is 9.50 Å². The third-order valence-electron chi connectivity index (χ3n) is 4.43. The number of anilines is 1. The number of carbonyl (C=O) groups excluding carboxylic acids is 1. The quantitative estimate of drug-likeness (QED) is 0.696. The highest BCUT2D eigenvalue weighted by molar-refractivity contribution is 7.87. The van der Waals surface area contributed by atoms with Gasteiger partial charge < -0.3 is 9.50 Å². The molecule has 0 atom stereocenters. The van der Waals surface area contributed by atoms with Crippen LogP contribution in [0.3, 0.4) is 0 Å². The average molecular weight is 379 g/mol. The first kappa shape index (κ1) is 17.3. The largest absolute Gasteiger partial charge is 0.379 e. The number of aryl methyl sites for hydroxylation is 1. The molecule has 1 heterocycles. The van der Waals surface area contributed by atoms with E-state index in [1.54, 1.807) is 30.3 Å². The van der Waals surface area contributed by atoms with Crippen LogP contribution in [0.2, 0.25) is 0 Å². The molecule has 4 rings (SSSR count). The molecule has 0 aliphatic carbocycles. The maximum absolute atomic E-state index is 12.6. The van der Waals surface area contributed by atoms with Crippen LogP contribution in [0.4, 0.5) is 5.69 Å². The Balaban J connectivity index is 1.56. The minimum atomic E-state index is -3.94. The van der Waals surface area contributed by atoms with Gasteiger partial charge in [0.05, 0.1) is 0 Å². The molecular formula is C21H17NO4S. The van der Waals surface area contributed by atoms with Crippen molar-refractivity contribution in [1.82, 2.24) is 0 Å². The monoisotopic (exact) mass is 379 g/mol. The zero-order valence-electron chi connectivity index (χ0n) is 14.4. The predicted octanol–water partition coefficient (Wildman–Crippen LogP) is 4.01. The number of hydrogen-bond donors (Lipinski definition) is 1.